The fourth-order valence-electron chi connectivity index (χ4n) is 20.0. The van der Waals surface area contributed by atoms with E-state index >= 15 is 0 Å². The Morgan fingerprint density at radius 2 is 0.810 bits per heavy atom. The van der Waals surface area contributed by atoms with Gasteiger partial charge in [-0.1, -0.05) is 133 Å². The first-order valence-electron chi connectivity index (χ1n) is 46.8. The summed E-state index contributed by atoms with van der Waals surface area (Å²) in [6.45, 7) is 38.2. The first-order chi connectivity index (χ1) is 55.8. The van der Waals surface area contributed by atoms with Crippen LogP contribution < -0.4 is 9.47 Å². The SMILES string of the molecule is CC1CCCN(C)C1.CC1CCN(C)C1.CN1CCC(c2ccccc2F)C1.CN1CCCC(C)(C)C1.CN1CCCC(C2CCCCC2)C1.CN1CCCC(Cc2ccccc2)C1.CN1CCCC(c2ccc3c(c2)OCO3)C1.CN1CCCC1.CN1CCCCC1.CN1CC[C@H](c2ccc(F)cc2)C1.COCC1CCCN(C)C1. The molecule has 16 heteroatoms. The second kappa shape index (κ2) is 55.8. The fraction of sp³-hybridized carbons (Fsp3) is 0.760. The van der Waals surface area contributed by atoms with Gasteiger partial charge in [0, 0.05) is 71.9 Å². The summed E-state index contributed by atoms with van der Waals surface area (Å²) in [4.78, 5) is 26.3. The number of nitrogens with zero attached hydrogens (tertiary/aromatic N) is 11. The number of hydrogen-bond acceptors (Lipinski definition) is 14. The normalized spacial score (nSPS) is 27.2. The lowest BCUT2D eigenvalue weighted by atomic mass is 9.77. The molecular formula is C100H173F2N11O3. The van der Waals surface area contributed by atoms with Crippen LogP contribution in [0.3, 0.4) is 0 Å². The van der Waals surface area contributed by atoms with Crippen molar-refractivity contribution in [2.24, 2.45) is 40.9 Å². The van der Waals surface area contributed by atoms with Crippen LogP contribution in [0.4, 0.5) is 8.78 Å². The molecule has 12 heterocycles. The molecule has 17 rings (SSSR count). The lowest BCUT2D eigenvalue weighted by molar-refractivity contribution is 0.102. The van der Waals surface area contributed by atoms with Crippen LogP contribution in [0.5, 0.6) is 11.5 Å². The molecule has 12 aliphatic heterocycles. The zero-order valence-corrected chi connectivity index (χ0v) is 77.2. The van der Waals surface area contributed by atoms with Gasteiger partial charge in [0.25, 0.3) is 0 Å². The van der Waals surface area contributed by atoms with Crippen LogP contribution in [0.15, 0.2) is 97.1 Å². The molecule has 4 aromatic carbocycles. The highest BCUT2D eigenvalue weighted by molar-refractivity contribution is 5.45. The summed E-state index contributed by atoms with van der Waals surface area (Å²) in [5.41, 5.74) is 5.61. The van der Waals surface area contributed by atoms with E-state index in [1.165, 1.54) is 288 Å². The van der Waals surface area contributed by atoms with Crippen LogP contribution in [-0.4, -0.2) is 296 Å². The van der Waals surface area contributed by atoms with Crippen LogP contribution in [0.25, 0.3) is 0 Å². The van der Waals surface area contributed by atoms with Crippen molar-refractivity contribution in [3.8, 4) is 11.5 Å². The van der Waals surface area contributed by atoms with Crippen molar-refractivity contribution >= 4 is 0 Å². The molecule has 0 amide bonds. The number of likely N-dealkylation sites (tertiary alicyclic amines) is 11. The maximum atomic E-state index is 13.4. The smallest absolute Gasteiger partial charge is 0.231 e. The number of piperidine rings is 7. The first-order valence-corrected chi connectivity index (χ1v) is 46.8. The Kier molecular flexibility index (Phi) is 47.6. The average Bonchev–Trinajstić information content (AvgIpc) is 1.63. The maximum Gasteiger partial charge on any atom is 0.231 e. The summed E-state index contributed by atoms with van der Waals surface area (Å²) in [6.07, 6.45) is 36.2. The molecule has 0 N–H and O–H groups in total. The summed E-state index contributed by atoms with van der Waals surface area (Å²) in [7, 11) is 25.9. The van der Waals surface area contributed by atoms with E-state index in [-0.39, 0.29) is 11.6 Å². The number of likely N-dealkylation sites (N-methyl/N-ethyl adjacent to an activating group) is 3. The molecule has 12 fully saturated rings. The van der Waals surface area contributed by atoms with Gasteiger partial charge in [-0.2, -0.15) is 0 Å². The van der Waals surface area contributed by atoms with E-state index in [0.29, 0.717) is 30.0 Å². The van der Waals surface area contributed by atoms with Crippen LogP contribution >= 0.6 is 0 Å². The van der Waals surface area contributed by atoms with Crippen molar-refractivity contribution in [3.63, 3.8) is 0 Å². The molecule has 0 spiro atoms. The summed E-state index contributed by atoms with van der Waals surface area (Å²) in [6, 6.07) is 31.2. The molecule has 660 valence electrons. The quantitative estimate of drug-likeness (QED) is 0.168. The van der Waals surface area contributed by atoms with Crippen LogP contribution in [0, 0.1) is 52.6 Å². The van der Waals surface area contributed by atoms with E-state index in [4.69, 9.17) is 14.2 Å². The number of ether oxygens (including phenoxy) is 3. The molecule has 8 atom stereocenters. The van der Waals surface area contributed by atoms with Crippen LogP contribution in [-0.2, 0) is 11.2 Å². The number of halogens is 2. The predicted molar refractivity (Wildman–Crippen MR) is 490 cm³/mol. The zero-order chi connectivity index (χ0) is 83.5. The van der Waals surface area contributed by atoms with E-state index in [2.05, 4.69) is 202 Å². The van der Waals surface area contributed by atoms with Gasteiger partial charge in [0.2, 0.25) is 6.79 Å². The average molecular weight is 1620 g/mol. The number of hydrogen-bond donors (Lipinski definition) is 0. The van der Waals surface area contributed by atoms with Gasteiger partial charge in [0.1, 0.15) is 11.6 Å². The molecule has 1 saturated carbocycles. The summed E-state index contributed by atoms with van der Waals surface area (Å²) in [5.74, 6) is 8.90. The molecule has 0 bridgehead atoms. The van der Waals surface area contributed by atoms with Gasteiger partial charge in [0.05, 0.1) is 6.61 Å². The topological polar surface area (TPSA) is 63.3 Å². The molecule has 1 aliphatic carbocycles. The highest BCUT2D eigenvalue weighted by atomic mass is 19.1. The second-order valence-corrected chi connectivity index (χ2v) is 39.1. The highest BCUT2D eigenvalue weighted by Gasteiger charge is 2.29. The molecule has 0 aromatic heterocycles. The minimum absolute atomic E-state index is 0.0530. The van der Waals surface area contributed by atoms with Gasteiger partial charge in [-0.15, -0.1) is 0 Å². The molecule has 13 aliphatic rings. The Balaban J connectivity index is 0.000000178. The van der Waals surface area contributed by atoms with Gasteiger partial charge in [-0.25, -0.2) is 8.78 Å². The summed E-state index contributed by atoms with van der Waals surface area (Å²) in [5, 5.41) is 0. The highest BCUT2D eigenvalue weighted by Crippen LogP contribution is 2.38. The van der Waals surface area contributed by atoms with Gasteiger partial charge < -0.3 is 68.1 Å². The number of benzene rings is 4. The third-order valence-electron chi connectivity index (χ3n) is 26.6. The Bertz CT molecular complexity index is 3110. The van der Waals surface area contributed by atoms with E-state index in [1.54, 1.807) is 31.4 Å². The lowest BCUT2D eigenvalue weighted by Crippen LogP contribution is -2.37. The monoisotopic (exact) mass is 1610 g/mol. The first kappa shape index (κ1) is 99.0. The molecular weight excluding hydrogens is 1440 g/mol. The van der Waals surface area contributed by atoms with Crippen molar-refractivity contribution in [1.82, 2.24) is 53.9 Å². The van der Waals surface area contributed by atoms with Crippen molar-refractivity contribution in [3.05, 3.63) is 131 Å². The van der Waals surface area contributed by atoms with Crippen molar-refractivity contribution < 1.29 is 23.0 Å². The molecule has 14 nitrogen and oxygen atoms in total. The number of fused-ring (bicyclic) bond motifs is 1. The van der Waals surface area contributed by atoms with Gasteiger partial charge >= 0.3 is 0 Å². The third-order valence-corrected chi connectivity index (χ3v) is 26.6. The molecule has 0 radical (unpaired) electrons. The summed E-state index contributed by atoms with van der Waals surface area (Å²) >= 11 is 0. The zero-order valence-electron chi connectivity index (χ0n) is 77.2. The van der Waals surface area contributed by atoms with E-state index in [0.717, 1.165) is 98.3 Å². The lowest BCUT2D eigenvalue weighted by Gasteiger charge is -2.36. The third kappa shape index (κ3) is 40.7. The summed E-state index contributed by atoms with van der Waals surface area (Å²) < 4.78 is 41.8. The maximum absolute atomic E-state index is 13.4. The van der Waals surface area contributed by atoms with E-state index in [9.17, 15) is 8.78 Å². The Morgan fingerprint density at radius 3 is 1.30 bits per heavy atom. The second-order valence-electron chi connectivity index (χ2n) is 39.1. The van der Waals surface area contributed by atoms with Gasteiger partial charge in [-0.05, 0) is 396 Å². The van der Waals surface area contributed by atoms with Gasteiger partial charge in [-0.3, -0.25) is 0 Å². The largest absolute Gasteiger partial charge is 0.454 e. The molecule has 7 unspecified atom stereocenters. The molecule has 4 aromatic rings. The number of rotatable bonds is 8. The van der Waals surface area contributed by atoms with Crippen molar-refractivity contribution in [1.29, 1.82) is 0 Å². The van der Waals surface area contributed by atoms with Crippen molar-refractivity contribution in [2.45, 2.75) is 212 Å². The van der Waals surface area contributed by atoms with Crippen LogP contribution in [0.2, 0.25) is 0 Å². The Hall–Kier alpha value is -4.14. The fourth-order valence-corrected chi connectivity index (χ4v) is 20.0. The molecule has 11 saturated heterocycles. The number of methoxy groups -OCH3 is 1. The molecule has 116 heavy (non-hydrogen) atoms. The minimum atomic E-state index is -0.143. The minimum Gasteiger partial charge on any atom is -0.454 e. The Morgan fingerprint density at radius 1 is 0.362 bits per heavy atom. The van der Waals surface area contributed by atoms with Crippen molar-refractivity contribution in [2.75, 3.05) is 242 Å². The van der Waals surface area contributed by atoms with Crippen LogP contribution in [0.1, 0.15) is 228 Å². The Labute approximate surface area is 710 Å². The van der Waals surface area contributed by atoms with Gasteiger partial charge in [0.15, 0.2) is 11.5 Å². The predicted octanol–water partition coefficient (Wildman–Crippen LogP) is 19.0. The van der Waals surface area contributed by atoms with E-state index in [1.807, 2.05) is 30.3 Å². The standard InChI is InChI=1S/C13H17NO2.C13H19N.C12H23N.2C11H14FN.C8H17NO.C8H17N.C7H15N.2C6H13N.C5H11N/c1-14-6-2-3-11(8-14)10-4-5-12-13(7-10)16-9-15-12;1-14-9-5-8-13(11-14)10-12-6-3-2-4-7-12;1-13-9-5-8-12(10-13)11-6-3-2-4-7-11;1-13-7-6-10(8-13)9-2-4-11(12)5-3-9;1-13-7-6-9(8-13)10-4-2-3-5-11(10)12;1-9-5-3-4-8(6-9)7-10-2;1-8(2)5-4-6-9(3)7-8;1-7-4-3-5-8(2)6-7;1-6-3-4-7(2)5-6;1-7-5-3-2-4-6-7;1-6-4-2-3-5-6/h4-5,7,11H,2-3,6,8-9H2,1H3;2-4,6-7,13H,5,8-11H2,1H3;11-12H,2-10H2,1H3;2-5,10H,6-8H2,1H3;2-5,9H,6-8H2,1H3;8H,3-7H2,1-2H3;4-7H2,1-3H3;7H,3-6H2,1-2H3;6H,3-5H2,1-2H3;2-6H2,1H3;2-5H2,1H3/t;;;10-;;;;;;;/m...0......./s1. The van der Waals surface area contributed by atoms with E-state index < -0.39 is 0 Å².